The van der Waals surface area contributed by atoms with E-state index in [2.05, 4.69) is 22.0 Å². The molecule has 5 heteroatoms. The molecule has 0 amide bonds. The second-order valence-corrected chi connectivity index (χ2v) is 5.71. The molecule has 21 heavy (non-hydrogen) atoms. The molecule has 0 fully saturated rings. The average molecular weight is 337 g/mol. The summed E-state index contributed by atoms with van der Waals surface area (Å²) in [4.78, 5) is 9.43. The van der Waals surface area contributed by atoms with Crippen molar-refractivity contribution in [1.82, 2.24) is 14.5 Å². The van der Waals surface area contributed by atoms with Crippen LogP contribution in [0, 0.1) is 11.3 Å². The van der Waals surface area contributed by atoms with Gasteiger partial charge in [-0.1, -0.05) is 28.1 Å². The maximum atomic E-state index is 9.10. The minimum Gasteiger partial charge on any atom is -0.310 e. The molecule has 0 aliphatic carbocycles. The van der Waals surface area contributed by atoms with Gasteiger partial charge in [-0.15, -0.1) is 0 Å². The van der Waals surface area contributed by atoms with Crippen LogP contribution in [0.5, 0.6) is 0 Å². The van der Waals surface area contributed by atoms with Crippen LogP contribution in [0.4, 0.5) is 0 Å². The Hall–Kier alpha value is -2.45. The summed E-state index contributed by atoms with van der Waals surface area (Å²) in [6.45, 7) is 0.259. The summed E-state index contributed by atoms with van der Waals surface area (Å²) in [5.74, 6) is 0. The van der Waals surface area contributed by atoms with E-state index in [1.54, 1.807) is 0 Å². The van der Waals surface area contributed by atoms with Gasteiger partial charge in [0.1, 0.15) is 12.1 Å². The maximum Gasteiger partial charge on any atom is 0.161 e. The Morgan fingerprint density at radius 1 is 1.10 bits per heavy atom. The molecule has 0 saturated carbocycles. The fraction of sp³-hybridized carbons (Fsp3) is 0.0625. The van der Waals surface area contributed by atoms with Gasteiger partial charge in [0.25, 0.3) is 0 Å². The van der Waals surface area contributed by atoms with Crippen LogP contribution in [0.3, 0.4) is 0 Å². The van der Waals surface area contributed by atoms with Crippen molar-refractivity contribution in [2.45, 2.75) is 6.54 Å². The highest BCUT2D eigenvalue weighted by atomic mass is 79.9. The van der Waals surface area contributed by atoms with E-state index < -0.39 is 0 Å². The van der Waals surface area contributed by atoms with Crippen LogP contribution in [0.15, 0.2) is 46.9 Å². The number of nitrogens with zero attached hydrogens (tertiary/aromatic N) is 4. The molecule has 0 bridgehead atoms. The van der Waals surface area contributed by atoms with Crippen LogP contribution in [-0.2, 0) is 6.54 Å². The molecule has 0 aliphatic rings. The van der Waals surface area contributed by atoms with Gasteiger partial charge in [-0.3, -0.25) is 0 Å². The third-order valence-corrected chi connectivity index (χ3v) is 4.03. The first-order valence-electron chi connectivity index (χ1n) is 6.49. The van der Waals surface area contributed by atoms with Gasteiger partial charge in [-0.05, 0) is 30.3 Å². The van der Waals surface area contributed by atoms with Crippen LogP contribution in [0.1, 0.15) is 0 Å². The summed E-state index contributed by atoms with van der Waals surface area (Å²) in [5.41, 5.74) is 4.26. The molecular formula is C16H9BrN4. The highest BCUT2D eigenvalue weighted by Gasteiger charge is 2.14. The molecule has 0 saturated heterocycles. The first-order valence-corrected chi connectivity index (χ1v) is 7.28. The largest absolute Gasteiger partial charge is 0.310 e. The Morgan fingerprint density at radius 3 is 2.62 bits per heavy atom. The van der Waals surface area contributed by atoms with Gasteiger partial charge in [-0.25, -0.2) is 9.97 Å². The van der Waals surface area contributed by atoms with Gasteiger partial charge >= 0.3 is 0 Å². The van der Waals surface area contributed by atoms with E-state index in [4.69, 9.17) is 15.2 Å². The smallest absolute Gasteiger partial charge is 0.161 e. The molecule has 0 atom stereocenters. The van der Waals surface area contributed by atoms with E-state index in [0.717, 1.165) is 37.6 Å². The van der Waals surface area contributed by atoms with Crippen molar-refractivity contribution < 1.29 is 0 Å². The fourth-order valence-electron chi connectivity index (χ4n) is 2.64. The van der Waals surface area contributed by atoms with E-state index in [1.165, 1.54) is 0 Å². The Kier molecular flexibility index (Phi) is 2.66. The number of hydrogen-bond acceptors (Lipinski definition) is 3. The third-order valence-electron chi connectivity index (χ3n) is 3.54. The molecule has 0 N–H and O–H groups in total. The van der Waals surface area contributed by atoms with Gasteiger partial charge in [0.05, 0.1) is 22.6 Å². The quantitative estimate of drug-likeness (QED) is 0.527. The Bertz CT molecular complexity index is 1040. The molecule has 4 rings (SSSR count). The molecule has 0 spiro atoms. The van der Waals surface area contributed by atoms with Crippen LogP contribution in [0.2, 0.25) is 0 Å². The first kappa shape index (κ1) is 12.3. The first-order chi connectivity index (χ1) is 10.3. The number of fused-ring (bicyclic) bond motifs is 4. The number of aromatic nitrogens is 3. The van der Waals surface area contributed by atoms with Crippen LogP contribution in [0.25, 0.3) is 33.1 Å². The van der Waals surface area contributed by atoms with Gasteiger partial charge in [0.2, 0.25) is 0 Å². The zero-order chi connectivity index (χ0) is 14.4. The lowest BCUT2D eigenvalue weighted by molar-refractivity contribution is 0.896. The maximum absolute atomic E-state index is 9.10. The Morgan fingerprint density at radius 2 is 1.86 bits per heavy atom. The Balaban J connectivity index is 2.25. The molecule has 0 radical (unpaired) electrons. The predicted molar refractivity (Wildman–Crippen MR) is 85.9 cm³/mol. The van der Waals surface area contributed by atoms with Crippen molar-refractivity contribution in [3.8, 4) is 6.07 Å². The number of hydrogen-bond donors (Lipinski definition) is 0. The monoisotopic (exact) mass is 336 g/mol. The van der Waals surface area contributed by atoms with E-state index in [1.807, 2.05) is 47.0 Å². The fourth-order valence-corrected chi connectivity index (χ4v) is 3.00. The molecule has 100 valence electrons. The van der Waals surface area contributed by atoms with Crippen molar-refractivity contribution in [1.29, 1.82) is 5.26 Å². The normalized spacial score (nSPS) is 11.2. The second-order valence-electron chi connectivity index (χ2n) is 4.79. The lowest BCUT2D eigenvalue weighted by atomic mass is 10.2. The Labute approximate surface area is 128 Å². The van der Waals surface area contributed by atoms with E-state index in [0.29, 0.717) is 0 Å². The standard InChI is InChI=1S/C16H9BrN4/c17-10-5-6-14-11(9-10)15-16(21(14)8-7-18)20-13-4-2-1-3-12(13)19-15/h1-6,9H,8H2. The minimum atomic E-state index is 0.259. The van der Waals surface area contributed by atoms with Gasteiger partial charge in [0.15, 0.2) is 5.65 Å². The van der Waals surface area contributed by atoms with Crippen molar-refractivity contribution in [2.75, 3.05) is 0 Å². The van der Waals surface area contributed by atoms with Crippen molar-refractivity contribution >= 4 is 49.0 Å². The zero-order valence-corrected chi connectivity index (χ0v) is 12.5. The minimum absolute atomic E-state index is 0.259. The van der Waals surface area contributed by atoms with Crippen molar-refractivity contribution in [2.24, 2.45) is 0 Å². The molecule has 0 aliphatic heterocycles. The molecule has 4 aromatic rings. The number of rotatable bonds is 1. The van der Waals surface area contributed by atoms with Gasteiger partial charge < -0.3 is 4.57 Å². The van der Waals surface area contributed by atoms with E-state index >= 15 is 0 Å². The molecule has 2 aromatic carbocycles. The van der Waals surface area contributed by atoms with E-state index in [9.17, 15) is 0 Å². The highest BCUT2D eigenvalue weighted by Crippen LogP contribution is 2.30. The molecule has 2 heterocycles. The number of nitriles is 1. The van der Waals surface area contributed by atoms with E-state index in [-0.39, 0.29) is 6.54 Å². The number of halogens is 1. The second kappa shape index (κ2) is 4.54. The molecule has 0 unspecified atom stereocenters. The highest BCUT2D eigenvalue weighted by molar-refractivity contribution is 9.10. The van der Waals surface area contributed by atoms with Gasteiger partial charge in [-0.2, -0.15) is 5.26 Å². The molecular weight excluding hydrogens is 328 g/mol. The third kappa shape index (κ3) is 1.80. The van der Waals surface area contributed by atoms with Crippen molar-refractivity contribution in [3.05, 3.63) is 46.9 Å². The average Bonchev–Trinajstić information content (AvgIpc) is 2.79. The summed E-state index contributed by atoms with van der Waals surface area (Å²) >= 11 is 3.49. The molecule has 4 nitrogen and oxygen atoms in total. The van der Waals surface area contributed by atoms with Crippen molar-refractivity contribution in [3.63, 3.8) is 0 Å². The topological polar surface area (TPSA) is 54.5 Å². The molecule has 2 aromatic heterocycles. The SMILES string of the molecule is N#CCn1c2ccc(Br)cc2c2nc3ccccc3nc21. The lowest BCUT2D eigenvalue weighted by Crippen LogP contribution is -1.97. The summed E-state index contributed by atoms with van der Waals surface area (Å²) < 4.78 is 2.90. The van der Waals surface area contributed by atoms with Gasteiger partial charge in [0, 0.05) is 9.86 Å². The van der Waals surface area contributed by atoms with Crippen LogP contribution >= 0.6 is 15.9 Å². The van der Waals surface area contributed by atoms with Crippen LogP contribution < -0.4 is 0 Å². The predicted octanol–water partition coefficient (Wildman–Crippen LogP) is 4.02. The number of para-hydroxylation sites is 2. The zero-order valence-electron chi connectivity index (χ0n) is 10.9. The summed E-state index contributed by atoms with van der Waals surface area (Å²) in [6, 6.07) is 16.0. The number of benzene rings is 2. The summed E-state index contributed by atoms with van der Waals surface area (Å²) in [7, 11) is 0. The summed E-state index contributed by atoms with van der Waals surface area (Å²) in [6.07, 6.45) is 0. The summed E-state index contributed by atoms with van der Waals surface area (Å²) in [5, 5.41) is 10.1. The van der Waals surface area contributed by atoms with Crippen LogP contribution in [-0.4, -0.2) is 14.5 Å². The lowest BCUT2D eigenvalue weighted by Gasteiger charge is -2.01.